The second-order valence-corrected chi connectivity index (χ2v) is 14.2. The van der Waals surface area contributed by atoms with Crippen molar-refractivity contribution in [2.24, 2.45) is 0 Å². The molecule has 3 heteroatoms. The van der Waals surface area contributed by atoms with Gasteiger partial charge in [0, 0.05) is 32.9 Å². The first-order valence-electron chi connectivity index (χ1n) is 17.8. The minimum Gasteiger partial charge on any atom is -0.456 e. The van der Waals surface area contributed by atoms with Gasteiger partial charge in [-0.2, -0.15) is 0 Å². The molecule has 0 spiro atoms. The van der Waals surface area contributed by atoms with Gasteiger partial charge in [-0.15, -0.1) is 0 Å². The van der Waals surface area contributed by atoms with Crippen LogP contribution in [0.2, 0.25) is 0 Å². The molecule has 0 radical (unpaired) electrons. The number of aromatic nitrogens is 2. The Morgan fingerprint density at radius 2 is 0.942 bits per heavy atom. The summed E-state index contributed by atoms with van der Waals surface area (Å²) in [7, 11) is 0. The van der Waals surface area contributed by atoms with Gasteiger partial charge in [-0.1, -0.05) is 153 Å². The Kier molecular flexibility index (Phi) is 6.84. The van der Waals surface area contributed by atoms with E-state index in [0.717, 1.165) is 78.1 Å². The van der Waals surface area contributed by atoms with Gasteiger partial charge in [-0.3, -0.25) is 0 Å². The van der Waals surface area contributed by atoms with Crippen LogP contribution in [0.1, 0.15) is 25.0 Å². The molecular formula is C49H34N2O. The molecule has 10 rings (SSSR count). The molecule has 0 atom stereocenters. The maximum atomic E-state index is 6.15. The van der Waals surface area contributed by atoms with E-state index in [4.69, 9.17) is 14.4 Å². The largest absolute Gasteiger partial charge is 0.456 e. The average Bonchev–Trinajstić information content (AvgIpc) is 3.69. The van der Waals surface area contributed by atoms with E-state index in [-0.39, 0.29) is 5.41 Å². The molecule has 0 fully saturated rings. The van der Waals surface area contributed by atoms with Crippen LogP contribution >= 0.6 is 0 Å². The van der Waals surface area contributed by atoms with E-state index in [1.165, 1.54) is 22.3 Å². The van der Waals surface area contributed by atoms with Crippen molar-refractivity contribution in [1.82, 2.24) is 9.97 Å². The van der Waals surface area contributed by atoms with E-state index >= 15 is 0 Å². The average molecular weight is 667 g/mol. The molecule has 0 unspecified atom stereocenters. The summed E-state index contributed by atoms with van der Waals surface area (Å²) in [6, 6.07) is 60.1. The van der Waals surface area contributed by atoms with Crippen LogP contribution in [-0.2, 0) is 5.41 Å². The molecule has 2 aromatic heterocycles. The van der Waals surface area contributed by atoms with Crippen LogP contribution in [0.15, 0.2) is 174 Å². The first-order valence-corrected chi connectivity index (χ1v) is 17.8. The van der Waals surface area contributed by atoms with E-state index in [1.54, 1.807) is 0 Å². The highest BCUT2D eigenvalue weighted by Crippen LogP contribution is 2.49. The van der Waals surface area contributed by atoms with E-state index < -0.39 is 0 Å². The Hall–Kier alpha value is -6.58. The summed E-state index contributed by atoms with van der Waals surface area (Å²) < 4.78 is 6.15. The van der Waals surface area contributed by atoms with Gasteiger partial charge >= 0.3 is 0 Å². The lowest BCUT2D eigenvalue weighted by molar-refractivity contribution is 0.660. The fourth-order valence-electron chi connectivity index (χ4n) is 7.92. The second-order valence-electron chi connectivity index (χ2n) is 14.2. The zero-order valence-corrected chi connectivity index (χ0v) is 29.0. The molecule has 246 valence electrons. The Morgan fingerprint density at radius 1 is 0.385 bits per heavy atom. The van der Waals surface area contributed by atoms with Crippen LogP contribution in [0.25, 0.3) is 89.2 Å². The number of rotatable bonds is 5. The molecule has 0 saturated heterocycles. The van der Waals surface area contributed by atoms with E-state index in [9.17, 15) is 0 Å². The van der Waals surface area contributed by atoms with Crippen LogP contribution in [0, 0.1) is 0 Å². The summed E-state index contributed by atoms with van der Waals surface area (Å²) in [4.78, 5) is 10.2. The van der Waals surface area contributed by atoms with Crippen molar-refractivity contribution in [3.05, 3.63) is 181 Å². The standard InChI is InChI=1S/C49H34N2O/c1-49(2)42-14-8-6-12-38(42)39-26-25-37(28-43(39)49)45-30-44(50-48(51-45)35-10-4-3-5-11-35)34-22-20-32(21-23-34)31-16-18-33(19-17-31)36-24-27-41-40-13-7-9-15-46(40)52-47(41)29-36/h3-30H,1-2H3. The third-order valence-electron chi connectivity index (χ3n) is 10.7. The highest BCUT2D eigenvalue weighted by atomic mass is 16.3. The summed E-state index contributed by atoms with van der Waals surface area (Å²) in [5.41, 5.74) is 16.6. The summed E-state index contributed by atoms with van der Waals surface area (Å²) >= 11 is 0. The summed E-state index contributed by atoms with van der Waals surface area (Å²) in [5.74, 6) is 0.719. The van der Waals surface area contributed by atoms with Crippen LogP contribution < -0.4 is 0 Å². The summed E-state index contributed by atoms with van der Waals surface area (Å²) in [6.45, 7) is 4.64. The summed E-state index contributed by atoms with van der Waals surface area (Å²) in [6.07, 6.45) is 0. The maximum absolute atomic E-state index is 6.15. The zero-order valence-electron chi connectivity index (χ0n) is 29.0. The second kappa shape index (κ2) is 11.8. The highest BCUT2D eigenvalue weighted by Gasteiger charge is 2.35. The van der Waals surface area contributed by atoms with Crippen molar-refractivity contribution in [2.45, 2.75) is 19.3 Å². The van der Waals surface area contributed by atoms with Crippen LogP contribution in [-0.4, -0.2) is 9.97 Å². The number of para-hydroxylation sites is 1. The van der Waals surface area contributed by atoms with Gasteiger partial charge < -0.3 is 4.42 Å². The first-order chi connectivity index (χ1) is 25.5. The molecular weight excluding hydrogens is 633 g/mol. The third-order valence-corrected chi connectivity index (χ3v) is 10.7. The van der Waals surface area contributed by atoms with Gasteiger partial charge in [0.05, 0.1) is 11.4 Å². The quantitative estimate of drug-likeness (QED) is 0.183. The molecule has 0 bridgehead atoms. The third kappa shape index (κ3) is 4.97. The predicted molar refractivity (Wildman–Crippen MR) is 214 cm³/mol. The predicted octanol–water partition coefficient (Wildman–Crippen LogP) is 13.0. The molecule has 7 aromatic carbocycles. The van der Waals surface area contributed by atoms with Gasteiger partial charge in [0.25, 0.3) is 0 Å². The van der Waals surface area contributed by atoms with Gasteiger partial charge in [0.15, 0.2) is 5.82 Å². The van der Waals surface area contributed by atoms with Crippen LogP contribution in [0.4, 0.5) is 0 Å². The normalized spacial score (nSPS) is 13.0. The number of hydrogen-bond donors (Lipinski definition) is 0. The molecule has 0 amide bonds. The molecule has 1 aliphatic carbocycles. The van der Waals surface area contributed by atoms with Crippen molar-refractivity contribution >= 4 is 21.9 Å². The maximum Gasteiger partial charge on any atom is 0.160 e. The SMILES string of the molecule is CC1(C)c2ccccc2-c2ccc(-c3cc(-c4ccc(-c5ccc(-c6ccc7c(c6)oc6ccccc67)cc5)cc4)nc(-c4ccccc4)n3)cc21. The lowest BCUT2D eigenvalue weighted by atomic mass is 9.82. The van der Waals surface area contributed by atoms with Crippen LogP contribution in [0.3, 0.4) is 0 Å². The van der Waals surface area contributed by atoms with Gasteiger partial charge in [0.1, 0.15) is 11.2 Å². The topological polar surface area (TPSA) is 38.9 Å². The molecule has 1 aliphatic rings. The van der Waals surface area contributed by atoms with E-state index in [1.807, 2.05) is 30.3 Å². The van der Waals surface area contributed by atoms with Gasteiger partial charge in [-0.25, -0.2) is 9.97 Å². The van der Waals surface area contributed by atoms with Crippen molar-refractivity contribution in [3.8, 4) is 67.3 Å². The monoisotopic (exact) mass is 666 g/mol. The Morgan fingerprint density at radius 3 is 1.71 bits per heavy atom. The minimum atomic E-state index is -0.0871. The molecule has 9 aromatic rings. The van der Waals surface area contributed by atoms with Gasteiger partial charge in [-0.05, 0) is 74.8 Å². The number of hydrogen-bond acceptors (Lipinski definition) is 3. The van der Waals surface area contributed by atoms with Crippen molar-refractivity contribution in [1.29, 1.82) is 0 Å². The fourth-order valence-corrected chi connectivity index (χ4v) is 7.92. The highest BCUT2D eigenvalue weighted by molar-refractivity contribution is 6.05. The fraction of sp³-hybridized carbons (Fsp3) is 0.0612. The van der Waals surface area contributed by atoms with Gasteiger partial charge in [0.2, 0.25) is 0 Å². The van der Waals surface area contributed by atoms with E-state index in [0.29, 0.717) is 0 Å². The van der Waals surface area contributed by atoms with Crippen molar-refractivity contribution in [3.63, 3.8) is 0 Å². The van der Waals surface area contributed by atoms with Crippen molar-refractivity contribution < 1.29 is 4.42 Å². The molecule has 3 nitrogen and oxygen atoms in total. The molecule has 52 heavy (non-hydrogen) atoms. The molecule has 2 heterocycles. The Bertz CT molecular complexity index is 2790. The minimum absolute atomic E-state index is 0.0871. The Labute approximate surface area is 302 Å². The number of benzene rings is 7. The lowest BCUT2D eigenvalue weighted by Gasteiger charge is -2.22. The molecule has 0 saturated carbocycles. The number of nitrogens with zero attached hydrogens (tertiary/aromatic N) is 2. The number of fused-ring (bicyclic) bond motifs is 6. The molecule has 0 aliphatic heterocycles. The van der Waals surface area contributed by atoms with E-state index in [2.05, 4.69) is 153 Å². The summed E-state index contributed by atoms with van der Waals surface area (Å²) in [5, 5.41) is 2.29. The Balaban J connectivity index is 0.980. The molecule has 0 N–H and O–H groups in total. The smallest absolute Gasteiger partial charge is 0.160 e. The first kappa shape index (κ1) is 30.3. The lowest BCUT2D eigenvalue weighted by Crippen LogP contribution is -2.14. The zero-order chi connectivity index (χ0) is 34.8. The van der Waals surface area contributed by atoms with Crippen molar-refractivity contribution in [2.75, 3.05) is 0 Å². The number of furan rings is 1. The van der Waals surface area contributed by atoms with Crippen LogP contribution in [0.5, 0.6) is 0 Å².